The maximum atomic E-state index is 12.4. The molecule has 21 heavy (non-hydrogen) atoms. The molecular formula is C20H32O. The number of allylic oxidation sites excluding steroid dienone is 2. The van der Waals surface area contributed by atoms with Crippen molar-refractivity contribution in [2.24, 2.45) is 28.6 Å². The molecule has 0 bridgehead atoms. The van der Waals surface area contributed by atoms with Crippen molar-refractivity contribution in [3.05, 3.63) is 24.8 Å². The van der Waals surface area contributed by atoms with E-state index in [0.717, 1.165) is 30.8 Å². The summed E-state index contributed by atoms with van der Waals surface area (Å²) in [7, 11) is 0. The van der Waals surface area contributed by atoms with Crippen LogP contribution in [0.1, 0.15) is 66.2 Å². The highest BCUT2D eigenvalue weighted by molar-refractivity contribution is 5.85. The Hall–Kier alpha value is -0.850. The Kier molecular flexibility index (Phi) is 4.52. The van der Waals surface area contributed by atoms with Crippen molar-refractivity contribution in [3.8, 4) is 0 Å². The van der Waals surface area contributed by atoms with Gasteiger partial charge in [-0.25, -0.2) is 0 Å². The quantitative estimate of drug-likeness (QED) is 0.618. The number of hydrogen-bond acceptors (Lipinski definition) is 1. The zero-order valence-corrected chi connectivity index (χ0v) is 14.4. The number of ketones is 1. The van der Waals surface area contributed by atoms with Gasteiger partial charge in [-0.2, -0.15) is 0 Å². The van der Waals surface area contributed by atoms with Crippen LogP contribution in [0, 0.1) is 28.6 Å². The lowest BCUT2D eigenvalue weighted by Crippen LogP contribution is -2.54. The van der Waals surface area contributed by atoms with Crippen LogP contribution in [0.5, 0.6) is 0 Å². The average Bonchev–Trinajstić information content (AvgIpc) is 2.42. The van der Waals surface area contributed by atoms with Crippen molar-refractivity contribution >= 4 is 5.78 Å². The number of rotatable bonds is 4. The van der Waals surface area contributed by atoms with Crippen molar-refractivity contribution in [1.82, 2.24) is 0 Å². The molecule has 2 fully saturated rings. The third kappa shape index (κ3) is 2.76. The minimum Gasteiger partial charge on any atom is -0.299 e. The maximum absolute atomic E-state index is 12.4. The minimum absolute atomic E-state index is 0.138. The first kappa shape index (κ1) is 16.5. The van der Waals surface area contributed by atoms with Crippen molar-refractivity contribution in [3.63, 3.8) is 0 Å². The summed E-state index contributed by atoms with van der Waals surface area (Å²) < 4.78 is 0. The average molecular weight is 288 g/mol. The summed E-state index contributed by atoms with van der Waals surface area (Å²) in [4.78, 5) is 12.4. The van der Waals surface area contributed by atoms with Crippen LogP contribution in [-0.4, -0.2) is 5.78 Å². The van der Waals surface area contributed by atoms with Crippen molar-refractivity contribution in [1.29, 1.82) is 0 Å². The number of carbonyl (C=O) groups is 1. The molecule has 2 saturated carbocycles. The van der Waals surface area contributed by atoms with Crippen LogP contribution in [0.2, 0.25) is 0 Å². The molecule has 2 aliphatic rings. The molecule has 118 valence electrons. The van der Waals surface area contributed by atoms with Crippen LogP contribution in [0.4, 0.5) is 0 Å². The molecule has 0 aromatic heterocycles. The Bertz CT molecular complexity index is 445. The molecule has 1 heteroatoms. The first-order valence-electron chi connectivity index (χ1n) is 8.57. The van der Waals surface area contributed by atoms with E-state index in [1.807, 2.05) is 6.08 Å². The van der Waals surface area contributed by atoms with Crippen LogP contribution >= 0.6 is 0 Å². The highest BCUT2D eigenvalue weighted by atomic mass is 16.1. The smallest absolute Gasteiger partial charge is 0.138 e. The Morgan fingerprint density at radius 1 is 1.33 bits per heavy atom. The third-order valence-electron chi connectivity index (χ3n) is 6.79. The summed E-state index contributed by atoms with van der Waals surface area (Å²) in [5, 5.41) is 0. The van der Waals surface area contributed by atoms with Gasteiger partial charge < -0.3 is 0 Å². The molecule has 2 rings (SSSR count). The maximum Gasteiger partial charge on any atom is 0.138 e. The molecule has 0 aromatic rings. The summed E-state index contributed by atoms with van der Waals surface area (Å²) in [6.07, 6.45) is 8.47. The van der Waals surface area contributed by atoms with Gasteiger partial charge in [0.15, 0.2) is 0 Å². The topological polar surface area (TPSA) is 17.1 Å². The summed E-state index contributed by atoms with van der Waals surface area (Å²) in [6, 6.07) is 0. The lowest BCUT2D eigenvalue weighted by atomic mass is 9.46. The van der Waals surface area contributed by atoms with E-state index in [2.05, 4.69) is 40.9 Å². The summed E-state index contributed by atoms with van der Waals surface area (Å²) in [6.45, 7) is 17.2. The first-order chi connectivity index (χ1) is 9.73. The van der Waals surface area contributed by atoms with Gasteiger partial charge in [0.1, 0.15) is 5.78 Å². The molecule has 1 nitrogen and oxygen atoms in total. The molecule has 0 amide bonds. The fourth-order valence-electron chi connectivity index (χ4n) is 5.37. The molecular weight excluding hydrogens is 256 g/mol. The lowest BCUT2D eigenvalue weighted by molar-refractivity contribution is -0.151. The Balaban J connectivity index is 2.25. The van der Waals surface area contributed by atoms with Crippen molar-refractivity contribution in [2.45, 2.75) is 66.2 Å². The van der Waals surface area contributed by atoms with Gasteiger partial charge >= 0.3 is 0 Å². The predicted molar refractivity (Wildman–Crippen MR) is 90.1 cm³/mol. The molecule has 0 aromatic carbocycles. The molecule has 0 aliphatic heterocycles. The largest absolute Gasteiger partial charge is 0.299 e. The first-order valence-corrected chi connectivity index (χ1v) is 8.57. The molecule has 0 saturated heterocycles. The van der Waals surface area contributed by atoms with Gasteiger partial charge in [0.25, 0.3) is 0 Å². The van der Waals surface area contributed by atoms with Crippen LogP contribution in [0.3, 0.4) is 0 Å². The second-order valence-corrected chi connectivity index (χ2v) is 8.27. The van der Waals surface area contributed by atoms with Gasteiger partial charge in [-0.3, -0.25) is 4.79 Å². The van der Waals surface area contributed by atoms with Crippen LogP contribution in [0.25, 0.3) is 0 Å². The molecule has 4 atom stereocenters. The minimum atomic E-state index is -0.138. The van der Waals surface area contributed by atoms with Gasteiger partial charge in [0.05, 0.1) is 0 Å². The fraction of sp³-hybridized carbons (Fsp3) is 0.750. The Labute approximate surface area is 130 Å². The van der Waals surface area contributed by atoms with Crippen molar-refractivity contribution in [2.75, 3.05) is 0 Å². The normalized spacial score (nSPS) is 38.7. The van der Waals surface area contributed by atoms with Gasteiger partial charge in [0.2, 0.25) is 0 Å². The van der Waals surface area contributed by atoms with E-state index in [1.54, 1.807) is 0 Å². The zero-order chi connectivity index (χ0) is 15.8. The molecule has 0 spiro atoms. The summed E-state index contributed by atoms with van der Waals surface area (Å²) in [5.41, 5.74) is 1.33. The van der Waals surface area contributed by atoms with Crippen LogP contribution in [0.15, 0.2) is 24.8 Å². The standard InChI is InChI=1S/C20H32O/c1-7-14(2)8-10-16-15(3)9-11-17-19(4,5)18(21)12-13-20(16,17)6/h7,15-17H,1-2,8-13H2,3-6H3. The van der Waals surface area contributed by atoms with E-state index in [4.69, 9.17) is 0 Å². The second-order valence-electron chi connectivity index (χ2n) is 8.27. The fourth-order valence-corrected chi connectivity index (χ4v) is 5.37. The van der Waals surface area contributed by atoms with Gasteiger partial charge in [-0.05, 0) is 48.9 Å². The molecule has 0 radical (unpaired) electrons. The lowest BCUT2D eigenvalue weighted by Gasteiger charge is -2.58. The zero-order valence-electron chi connectivity index (χ0n) is 14.4. The predicted octanol–water partition coefficient (Wildman–Crippen LogP) is 5.57. The van der Waals surface area contributed by atoms with E-state index < -0.39 is 0 Å². The second kappa shape index (κ2) is 5.74. The Morgan fingerprint density at radius 3 is 2.62 bits per heavy atom. The van der Waals surface area contributed by atoms with E-state index in [0.29, 0.717) is 23.0 Å². The van der Waals surface area contributed by atoms with Crippen LogP contribution < -0.4 is 0 Å². The molecule has 4 unspecified atom stereocenters. The summed E-state index contributed by atoms with van der Waals surface area (Å²) in [5.74, 6) is 2.49. The van der Waals surface area contributed by atoms with Crippen LogP contribution in [-0.2, 0) is 4.79 Å². The molecule has 0 N–H and O–H groups in total. The third-order valence-corrected chi connectivity index (χ3v) is 6.79. The van der Waals surface area contributed by atoms with Gasteiger partial charge in [-0.15, -0.1) is 0 Å². The number of Topliss-reactive ketones (excluding diaryl/α,β-unsaturated/α-hetero) is 1. The van der Waals surface area contributed by atoms with E-state index in [1.165, 1.54) is 19.3 Å². The highest BCUT2D eigenvalue weighted by Crippen LogP contribution is 2.61. The Morgan fingerprint density at radius 2 is 2.00 bits per heavy atom. The SMILES string of the molecule is C=CC(=C)CCC1C(C)CCC2C(C)(C)C(=O)CCC12C. The highest BCUT2D eigenvalue weighted by Gasteiger charge is 2.56. The number of hydrogen-bond donors (Lipinski definition) is 0. The monoisotopic (exact) mass is 288 g/mol. The van der Waals surface area contributed by atoms with Gasteiger partial charge in [0, 0.05) is 11.8 Å². The van der Waals surface area contributed by atoms with E-state index in [9.17, 15) is 4.79 Å². The molecule has 2 aliphatic carbocycles. The van der Waals surface area contributed by atoms with Gasteiger partial charge in [-0.1, -0.05) is 58.9 Å². The van der Waals surface area contributed by atoms with E-state index >= 15 is 0 Å². The summed E-state index contributed by atoms with van der Waals surface area (Å²) >= 11 is 0. The van der Waals surface area contributed by atoms with E-state index in [-0.39, 0.29) is 5.41 Å². The molecule has 0 heterocycles. The number of carbonyl (C=O) groups excluding carboxylic acids is 1. The number of fused-ring (bicyclic) bond motifs is 1. The van der Waals surface area contributed by atoms with Crippen molar-refractivity contribution < 1.29 is 4.79 Å².